The van der Waals surface area contributed by atoms with Crippen LogP contribution in [0.4, 0.5) is 0 Å². The van der Waals surface area contributed by atoms with Crippen LogP contribution in [-0.4, -0.2) is 38.1 Å². The van der Waals surface area contributed by atoms with E-state index in [0.717, 1.165) is 13.0 Å². The molecule has 1 atom stereocenters. The molecule has 3 heteroatoms. The maximum absolute atomic E-state index is 9.25. The van der Waals surface area contributed by atoms with Crippen LogP contribution in [0.5, 0.6) is 0 Å². The fourth-order valence-electron chi connectivity index (χ4n) is 2.22. The van der Waals surface area contributed by atoms with Crippen molar-refractivity contribution in [2.24, 2.45) is 16.2 Å². The molecule has 3 nitrogen and oxygen atoms in total. The van der Waals surface area contributed by atoms with Crippen molar-refractivity contribution >= 4 is 0 Å². The first-order chi connectivity index (χ1) is 10.1. The highest BCUT2D eigenvalue weighted by Crippen LogP contribution is 2.29. The monoisotopic (exact) mass is 316 g/mol. The molecule has 1 unspecified atom stereocenters. The van der Waals surface area contributed by atoms with Crippen molar-refractivity contribution in [2.45, 2.75) is 74.1 Å². The lowest BCUT2D eigenvalue weighted by Crippen LogP contribution is -2.32. The Kier molecular flexibility index (Phi) is 9.84. The molecule has 0 aliphatic heterocycles. The lowest BCUT2D eigenvalue weighted by atomic mass is 9.83. The zero-order valence-corrected chi connectivity index (χ0v) is 16.1. The molecule has 0 aromatic rings. The van der Waals surface area contributed by atoms with E-state index in [4.69, 9.17) is 9.47 Å². The summed E-state index contributed by atoms with van der Waals surface area (Å²) in [6, 6.07) is 0. The summed E-state index contributed by atoms with van der Waals surface area (Å²) in [4.78, 5) is 0. The summed E-state index contributed by atoms with van der Waals surface area (Å²) in [7, 11) is 0. The molecular formula is C19H40O3. The van der Waals surface area contributed by atoms with Crippen molar-refractivity contribution in [3.63, 3.8) is 0 Å². The lowest BCUT2D eigenvalue weighted by molar-refractivity contribution is -0.0504. The Balaban J connectivity index is 4.10. The molecule has 0 radical (unpaired) electrons. The van der Waals surface area contributed by atoms with E-state index in [1.165, 1.54) is 19.3 Å². The lowest BCUT2D eigenvalue weighted by Gasteiger charge is -2.32. The molecule has 1 N–H and O–H groups in total. The summed E-state index contributed by atoms with van der Waals surface area (Å²) in [5, 5.41) is 9.25. The molecule has 0 bridgehead atoms. The van der Waals surface area contributed by atoms with Gasteiger partial charge < -0.3 is 14.6 Å². The van der Waals surface area contributed by atoms with Gasteiger partial charge >= 0.3 is 0 Å². The van der Waals surface area contributed by atoms with Crippen LogP contribution in [0.1, 0.15) is 74.1 Å². The van der Waals surface area contributed by atoms with Crippen LogP contribution in [0.2, 0.25) is 0 Å². The maximum Gasteiger partial charge on any atom is 0.0539 e. The van der Waals surface area contributed by atoms with E-state index >= 15 is 0 Å². The maximum atomic E-state index is 9.25. The van der Waals surface area contributed by atoms with Crippen molar-refractivity contribution in [2.75, 3.05) is 33.0 Å². The van der Waals surface area contributed by atoms with Crippen LogP contribution in [0.3, 0.4) is 0 Å². The quantitative estimate of drug-likeness (QED) is 0.536. The standard InChI is InChI=1S/C19H40O3/c1-8-10-11-19(7,9-2)16-22-15-18(5,6)14-21-13-17(3,4)12-20/h20H,8-16H2,1-7H3. The van der Waals surface area contributed by atoms with Crippen LogP contribution in [0, 0.1) is 16.2 Å². The number of unbranched alkanes of at least 4 members (excludes halogenated alkanes) is 1. The average molecular weight is 317 g/mol. The first-order valence-corrected chi connectivity index (χ1v) is 8.86. The molecule has 0 aromatic carbocycles. The van der Waals surface area contributed by atoms with Crippen LogP contribution in [-0.2, 0) is 9.47 Å². The second kappa shape index (κ2) is 9.89. The number of hydrogen-bond donors (Lipinski definition) is 1. The van der Waals surface area contributed by atoms with Gasteiger partial charge in [0.05, 0.1) is 33.0 Å². The van der Waals surface area contributed by atoms with Crippen molar-refractivity contribution < 1.29 is 14.6 Å². The highest BCUT2D eigenvalue weighted by Gasteiger charge is 2.25. The van der Waals surface area contributed by atoms with Crippen LogP contribution >= 0.6 is 0 Å². The molecule has 0 aliphatic carbocycles. The molecule has 0 amide bonds. The van der Waals surface area contributed by atoms with Crippen molar-refractivity contribution in [1.29, 1.82) is 0 Å². The number of ether oxygens (including phenoxy) is 2. The van der Waals surface area contributed by atoms with E-state index in [0.29, 0.717) is 25.2 Å². The van der Waals surface area contributed by atoms with Gasteiger partial charge in [0.2, 0.25) is 0 Å². The third-order valence-corrected chi connectivity index (χ3v) is 4.34. The number of hydrogen-bond acceptors (Lipinski definition) is 3. The molecule has 0 aromatic heterocycles. The third kappa shape index (κ3) is 9.81. The first kappa shape index (κ1) is 21.9. The van der Waals surface area contributed by atoms with Gasteiger partial charge in [0.1, 0.15) is 0 Å². The molecule has 0 rings (SSSR count). The van der Waals surface area contributed by atoms with Crippen LogP contribution < -0.4 is 0 Å². The zero-order valence-electron chi connectivity index (χ0n) is 16.1. The molecule has 22 heavy (non-hydrogen) atoms. The minimum Gasteiger partial charge on any atom is -0.396 e. The predicted octanol–water partition coefficient (Wildman–Crippen LogP) is 4.67. The largest absolute Gasteiger partial charge is 0.396 e. The molecule has 0 heterocycles. The Labute approximate surface area is 138 Å². The smallest absolute Gasteiger partial charge is 0.0539 e. The molecule has 0 saturated carbocycles. The van der Waals surface area contributed by atoms with E-state index in [1.54, 1.807) is 0 Å². The Bertz CT molecular complexity index is 286. The molecule has 0 aliphatic rings. The van der Waals surface area contributed by atoms with E-state index in [1.807, 2.05) is 13.8 Å². The van der Waals surface area contributed by atoms with Crippen molar-refractivity contribution in [3.8, 4) is 0 Å². The van der Waals surface area contributed by atoms with E-state index < -0.39 is 0 Å². The molecular weight excluding hydrogens is 276 g/mol. The number of rotatable bonds is 13. The summed E-state index contributed by atoms with van der Waals surface area (Å²) in [6.45, 7) is 18.1. The predicted molar refractivity (Wildman–Crippen MR) is 94.2 cm³/mol. The normalized spacial score (nSPS) is 15.8. The summed E-state index contributed by atoms with van der Waals surface area (Å²) >= 11 is 0. The van der Waals surface area contributed by atoms with E-state index in [2.05, 4.69) is 34.6 Å². The van der Waals surface area contributed by atoms with Crippen LogP contribution in [0.15, 0.2) is 0 Å². The zero-order chi connectivity index (χ0) is 17.3. The Morgan fingerprint density at radius 2 is 1.27 bits per heavy atom. The fourth-order valence-corrected chi connectivity index (χ4v) is 2.22. The van der Waals surface area contributed by atoms with Gasteiger partial charge in [-0.15, -0.1) is 0 Å². The minimum atomic E-state index is -0.169. The van der Waals surface area contributed by atoms with Gasteiger partial charge in [-0.25, -0.2) is 0 Å². The summed E-state index contributed by atoms with van der Waals surface area (Å²) in [5.41, 5.74) is 0.134. The number of aliphatic hydroxyl groups excluding tert-OH is 1. The Morgan fingerprint density at radius 1 is 0.773 bits per heavy atom. The van der Waals surface area contributed by atoms with Gasteiger partial charge in [-0.3, -0.25) is 0 Å². The van der Waals surface area contributed by atoms with E-state index in [9.17, 15) is 5.11 Å². The highest BCUT2D eigenvalue weighted by molar-refractivity contribution is 4.74. The first-order valence-electron chi connectivity index (χ1n) is 8.86. The third-order valence-electron chi connectivity index (χ3n) is 4.34. The summed E-state index contributed by atoms with van der Waals surface area (Å²) < 4.78 is 11.8. The van der Waals surface area contributed by atoms with E-state index in [-0.39, 0.29) is 17.4 Å². The van der Waals surface area contributed by atoms with Gasteiger partial charge in [0.15, 0.2) is 0 Å². The van der Waals surface area contributed by atoms with Gasteiger partial charge in [0.25, 0.3) is 0 Å². The van der Waals surface area contributed by atoms with Gasteiger partial charge in [-0.05, 0) is 18.3 Å². The average Bonchev–Trinajstić information content (AvgIpc) is 2.44. The summed E-state index contributed by atoms with van der Waals surface area (Å²) in [6.07, 6.45) is 4.92. The Morgan fingerprint density at radius 3 is 1.73 bits per heavy atom. The molecule has 134 valence electrons. The van der Waals surface area contributed by atoms with Gasteiger partial charge in [-0.2, -0.15) is 0 Å². The molecule has 0 fully saturated rings. The Hall–Kier alpha value is -0.120. The van der Waals surface area contributed by atoms with Crippen molar-refractivity contribution in [3.05, 3.63) is 0 Å². The van der Waals surface area contributed by atoms with Gasteiger partial charge in [0, 0.05) is 10.8 Å². The summed E-state index contributed by atoms with van der Waals surface area (Å²) in [5.74, 6) is 0. The molecule has 0 spiro atoms. The minimum absolute atomic E-state index is 0.00490. The second-order valence-electron chi connectivity index (χ2n) is 8.74. The second-order valence-corrected chi connectivity index (χ2v) is 8.74. The number of aliphatic hydroxyl groups is 1. The van der Waals surface area contributed by atoms with Crippen molar-refractivity contribution in [1.82, 2.24) is 0 Å². The topological polar surface area (TPSA) is 38.7 Å². The fraction of sp³-hybridized carbons (Fsp3) is 1.00. The highest BCUT2D eigenvalue weighted by atomic mass is 16.5. The molecule has 0 saturated heterocycles. The SMILES string of the molecule is CCCCC(C)(CC)COCC(C)(C)COCC(C)(C)CO. The van der Waals surface area contributed by atoms with Gasteiger partial charge in [-0.1, -0.05) is 61.3 Å². The van der Waals surface area contributed by atoms with Crippen LogP contribution in [0.25, 0.3) is 0 Å².